The van der Waals surface area contributed by atoms with Crippen LogP contribution in [-0.4, -0.2) is 65.5 Å². The number of hydrogen-bond acceptors (Lipinski definition) is 6. The lowest BCUT2D eigenvalue weighted by molar-refractivity contribution is -0.116. The Morgan fingerprint density at radius 3 is 2.56 bits per heavy atom. The van der Waals surface area contributed by atoms with E-state index < -0.39 is 0 Å². The summed E-state index contributed by atoms with van der Waals surface area (Å²) >= 11 is 5.33. The highest BCUT2D eigenvalue weighted by molar-refractivity contribution is 7.71. The number of ether oxygens (including phenoxy) is 2. The largest absolute Gasteiger partial charge is 0.497 e. The molecule has 0 radical (unpaired) electrons. The summed E-state index contributed by atoms with van der Waals surface area (Å²) in [5, 5.41) is 10.0. The SMILES string of the molecule is COc1ccc(-c2n[nH]c(=S)n2CC(=O)Nc2ccc(CCN3CCOCC3)cc2)cc1. The van der Waals surface area contributed by atoms with Gasteiger partial charge in [-0.3, -0.25) is 19.4 Å². The summed E-state index contributed by atoms with van der Waals surface area (Å²) in [6, 6.07) is 15.4. The van der Waals surface area contributed by atoms with E-state index in [2.05, 4.69) is 32.5 Å². The van der Waals surface area contributed by atoms with E-state index in [0.717, 1.165) is 56.3 Å². The van der Waals surface area contributed by atoms with E-state index in [0.29, 0.717) is 10.6 Å². The van der Waals surface area contributed by atoms with Gasteiger partial charge in [0, 0.05) is 30.9 Å². The molecule has 8 nitrogen and oxygen atoms in total. The first-order valence-electron chi connectivity index (χ1n) is 10.6. The Hall–Kier alpha value is -3.01. The molecule has 0 unspecified atom stereocenters. The van der Waals surface area contributed by atoms with Gasteiger partial charge in [-0.05, 0) is 60.6 Å². The molecule has 1 fully saturated rings. The molecule has 0 bridgehead atoms. The number of hydrogen-bond donors (Lipinski definition) is 2. The quantitative estimate of drug-likeness (QED) is 0.510. The lowest BCUT2D eigenvalue weighted by atomic mass is 10.1. The van der Waals surface area contributed by atoms with Crippen molar-refractivity contribution in [3.63, 3.8) is 0 Å². The second kappa shape index (κ2) is 10.5. The molecule has 32 heavy (non-hydrogen) atoms. The maximum Gasteiger partial charge on any atom is 0.244 e. The fourth-order valence-electron chi connectivity index (χ4n) is 3.64. The van der Waals surface area contributed by atoms with E-state index in [-0.39, 0.29) is 12.5 Å². The third-order valence-electron chi connectivity index (χ3n) is 5.47. The molecule has 0 saturated carbocycles. The van der Waals surface area contributed by atoms with Crippen molar-refractivity contribution in [2.24, 2.45) is 0 Å². The number of H-pyrrole nitrogens is 1. The fourth-order valence-corrected chi connectivity index (χ4v) is 3.83. The molecule has 1 amide bonds. The van der Waals surface area contributed by atoms with Crippen LogP contribution < -0.4 is 10.1 Å². The Morgan fingerprint density at radius 2 is 1.88 bits per heavy atom. The number of nitrogens with zero attached hydrogens (tertiary/aromatic N) is 3. The number of methoxy groups -OCH3 is 1. The van der Waals surface area contributed by atoms with Crippen LogP contribution in [0.25, 0.3) is 11.4 Å². The number of amides is 1. The van der Waals surface area contributed by atoms with Gasteiger partial charge in [0.2, 0.25) is 5.91 Å². The summed E-state index contributed by atoms with van der Waals surface area (Å²) in [5.74, 6) is 1.19. The van der Waals surface area contributed by atoms with Crippen molar-refractivity contribution in [1.29, 1.82) is 0 Å². The Balaban J connectivity index is 1.35. The van der Waals surface area contributed by atoms with Gasteiger partial charge >= 0.3 is 0 Å². The molecule has 1 aromatic heterocycles. The maximum absolute atomic E-state index is 12.7. The van der Waals surface area contributed by atoms with Crippen LogP contribution in [0.2, 0.25) is 0 Å². The highest BCUT2D eigenvalue weighted by atomic mass is 32.1. The molecule has 3 aromatic rings. The lowest BCUT2D eigenvalue weighted by Crippen LogP contribution is -2.37. The Morgan fingerprint density at radius 1 is 1.16 bits per heavy atom. The number of carbonyl (C=O) groups excluding carboxylic acids is 1. The van der Waals surface area contributed by atoms with Crippen molar-refractivity contribution in [3.05, 3.63) is 58.9 Å². The van der Waals surface area contributed by atoms with E-state index in [1.54, 1.807) is 11.7 Å². The van der Waals surface area contributed by atoms with Crippen molar-refractivity contribution in [1.82, 2.24) is 19.7 Å². The summed E-state index contributed by atoms with van der Waals surface area (Å²) in [7, 11) is 1.62. The number of anilines is 1. The molecule has 2 N–H and O–H groups in total. The smallest absolute Gasteiger partial charge is 0.244 e. The van der Waals surface area contributed by atoms with Crippen LogP contribution >= 0.6 is 12.2 Å². The molecule has 0 spiro atoms. The molecule has 168 valence electrons. The third kappa shape index (κ3) is 5.61. The zero-order valence-electron chi connectivity index (χ0n) is 18.0. The van der Waals surface area contributed by atoms with Gasteiger partial charge in [-0.1, -0.05) is 12.1 Å². The maximum atomic E-state index is 12.7. The van der Waals surface area contributed by atoms with Crippen LogP contribution in [0, 0.1) is 4.77 Å². The van der Waals surface area contributed by atoms with Crippen LogP contribution in [0.15, 0.2) is 48.5 Å². The zero-order chi connectivity index (χ0) is 22.3. The molecular weight excluding hydrogens is 426 g/mol. The van der Waals surface area contributed by atoms with Gasteiger partial charge in [-0.2, -0.15) is 5.10 Å². The Kier molecular flexibility index (Phi) is 7.31. The van der Waals surface area contributed by atoms with Crippen LogP contribution in [0.1, 0.15) is 5.56 Å². The van der Waals surface area contributed by atoms with Gasteiger partial charge in [0.15, 0.2) is 10.6 Å². The first-order valence-corrected chi connectivity index (χ1v) is 11.0. The fraction of sp³-hybridized carbons (Fsp3) is 0.348. The van der Waals surface area contributed by atoms with E-state index in [1.807, 2.05) is 36.4 Å². The van der Waals surface area contributed by atoms with E-state index >= 15 is 0 Å². The highest BCUT2D eigenvalue weighted by Crippen LogP contribution is 2.21. The average molecular weight is 454 g/mol. The van der Waals surface area contributed by atoms with Gasteiger partial charge in [0.25, 0.3) is 0 Å². The normalized spacial score (nSPS) is 14.3. The molecule has 4 rings (SSSR count). The predicted molar refractivity (Wildman–Crippen MR) is 125 cm³/mol. The van der Waals surface area contributed by atoms with Gasteiger partial charge in [-0.15, -0.1) is 0 Å². The van der Waals surface area contributed by atoms with Crippen LogP contribution in [0.3, 0.4) is 0 Å². The summed E-state index contributed by atoms with van der Waals surface area (Å²) in [6.07, 6.45) is 0.976. The van der Waals surface area contributed by atoms with Crippen molar-refractivity contribution < 1.29 is 14.3 Å². The molecule has 1 aliphatic heterocycles. The van der Waals surface area contributed by atoms with Gasteiger partial charge in [0.1, 0.15) is 12.3 Å². The first kappa shape index (κ1) is 22.2. The minimum absolute atomic E-state index is 0.0650. The molecule has 0 aliphatic carbocycles. The Labute approximate surface area is 192 Å². The molecule has 2 heterocycles. The minimum Gasteiger partial charge on any atom is -0.497 e. The number of carbonyl (C=O) groups is 1. The molecule has 1 saturated heterocycles. The molecule has 2 aromatic carbocycles. The Bertz CT molecular complexity index is 1090. The topological polar surface area (TPSA) is 84.4 Å². The van der Waals surface area contributed by atoms with Crippen LogP contribution in [-0.2, 0) is 22.5 Å². The number of aromatic amines is 1. The second-order valence-corrected chi connectivity index (χ2v) is 8.00. The van der Waals surface area contributed by atoms with Crippen molar-refractivity contribution in [2.45, 2.75) is 13.0 Å². The second-order valence-electron chi connectivity index (χ2n) is 7.62. The lowest BCUT2D eigenvalue weighted by Gasteiger charge is -2.26. The van der Waals surface area contributed by atoms with Crippen molar-refractivity contribution >= 4 is 23.8 Å². The number of aromatic nitrogens is 3. The summed E-state index contributed by atoms with van der Waals surface area (Å²) in [5.41, 5.74) is 2.84. The summed E-state index contributed by atoms with van der Waals surface area (Å²) in [6.45, 7) is 4.68. The predicted octanol–water partition coefficient (Wildman–Crippen LogP) is 3.13. The van der Waals surface area contributed by atoms with Gasteiger partial charge < -0.3 is 14.8 Å². The van der Waals surface area contributed by atoms with Crippen LogP contribution in [0.5, 0.6) is 5.75 Å². The molecule has 0 atom stereocenters. The van der Waals surface area contributed by atoms with Gasteiger partial charge in [0.05, 0.1) is 20.3 Å². The van der Waals surface area contributed by atoms with Crippen LogP contribution in [0.4, 0.5) is 5.69 Å². The van der Waals surface area contributed by atoms with E-state index in [4.69, 9.17) is 21.7 Å². The first-order chi connectivity index (χ1) is 15.6. The van der Waals surface area contributed by atoms with Gasteiger partial charge in [-0.25, -0.2) is 0 Å². The highest BCUT2D eigenvalue weighted by Gasteiger charge is 2.13. The number of benzene rings is 2. The van der Waals surface area contributed by atoms with Crippen molar-refractivity contribution in [3.8, 4) is 17.1 Å². The molecule has 1 aliphatic rings. The minimum atomic E-state index is -0.168. The summed E-state index contributed by atoms with van der Waals surface area (Å²) in [4.78, 5) is 15.1. The number of nitrogens with one attached hydrogen (secondary N) is 2. The summed E-state index contributed by atoms with van der Waals surface area (Å²) < 4.78 is 12.7. The average Bonchev–Trinajstić information content (AvgIpc) is 3.19. The molecule has 9 heteroatoms. The molecular formula is C23H27N5O3S. The zero-order valence-corrected chi connectivity index (χ0v) is 18.9. The number of rotatable bonds is 8. The third-order valence-corrected chi connectivity index (χ3v) is 5.78. The monoisotopic (exact) mass is 453 g/mol. The van der Waals surface area contributed by atoms with E-state index in [1.165, 1.54) is 5.56 Å². The van der Waals surface area contributed by atoms with E-state index in [9.17, 15) is 4.79 Å². The standard InChI is InChI=1S/C23H27N5O3S/c1-30-20-8-4-18(5-9-20)22-25-26-23(32)28(22)16-21(29)24-19-6-2-17(3-7-19)10-11-27-12-14-31-15-13-27/h2-9H,10-16H2,1H3,(H,24,29)(H,26,32). The van der Waals surface area contributed by atoms with Crippen molar-refractivity contribution in [2.75, 3.05) is 45.3 Å². The number of morpholine rings is 1.